The van der Waals surface area contributed by atoms with Crippen LogP contribution in [-0.4, -0.2) is 37.0 Å². The van der Waals surface area contributed by atoms with Gasteiger partial charge in [-0.3, -0.25) is 4.79 Å². The number of nitrogens with zero attached hydrogens (tertiary/aromatic N) is 1. The molecule has 0 aliphatic rings. The molecule has 114 valence electrons. The largest absolute Gasteiger partial charge is 0.492 e. The van der Waals surface area contributed by atoms with Crippen LogP contribution in [0.2, 0.25) is 0 Å². The zero-order valence-corrected chi connectivity index (χ0v) is 12.7. The molecule has 1 atom stereocenters. The van der Waals surface area contributed by atoms with Crippen LogP contribution >= 0.6 is 12.4 Å². The lowest BCUT2D eigenvalue weighted by atomic mass is 10.1. The van der Waals surface area contributed by atoms with Gasteiger partial charge in [-0.1, -0.05) is 13.3 Å². The number of rotatable bonds is 7. The Labute approximate surface area is 125 Å². The van der Waals surface area contributed by atoms with Gasteiger partial charge in [0.1, 0.15) is 18.2 Å². The number of likely N-dealkylation sites (N-methyl/N-ethyl adjacent to an activating group) is 1. The summed E-state index contributed by atoms with van der Waals surface area (Å²) in [6, 6.07) is 5.34. The van der Waals surface area contributed by atoms with Gasteiger partial charge in [0.05, 0.1) is 12.6 Å². The standard InChI is InChI=1S/C14H21FN2O2.ClH/c1-3-4-13(16)14(18)17(2)9-10-19-12-7-5-11(15)6-8-12;/h5-8,13H,3-4,9-10,16H2,1-2H3;1H. The molecule has 0 saturated carbocycles. The maximum Gasteiger partial charge on any atom is 0.239 e. The number of hydrogen-bond acceptors (Lipinski definition) is 3. The lowest BCUT2D eigenvalue weighted by Gasteiger charge is -2.21. The van der Waals surface area contributed by atoms with E-state index in [1.54, 1.807) is 24.1 Å². The minimum absolute atomic E-state index is 0. The molecule has 2 N–H and O–H groups in total. The third-order valence-electron chi connectivity index (χ3n) is 2.80. The Morgan fingerprint density at radius 2 is 2.00 bits per heavy atom. The average molecular weight is 305 g/mol. The first-order valence-electron chi connectivity index (χ1n) is 6.43. The van der Waals surface area contributed by atoms with Crippen molar-refractivity contribution in [2.45, 2.75) is 25.8 Å². The molecule has 1 unspecified atom stereocenters. The van der Waals surface area contributed by atoms with Crippen molar-refractivity contribution in [2.24, 2.45) is 5.73 Å². The van der Waals surface area contributed by atoms with Gasteiger partial charge < -0.3 is 15.4 Å². The first kappa shape index (κ1) is 18.7. The topological polar surface area (TPSA) is 55.6 Å². The normalized spacial score (nSPS) is 11.4. The van der Waals surface area contributed by atoms with Gasteiger partial charge in [-0.2, -0.15) is 0 Å². The van der Waals surface area contributed by atoms with Gasteiger partial charge >= 0.3 is 0 Å². The number of ether oxygens (including phenoxy) is 1. The second kappa shape index (κ2) is 9.55. The van der Waals surface area contributed by atoms with E-state index in [1.165, 1.54) is 12.1 Å². The molecule has 6 heteroatoms. The molecule has 1 aromatic carbocycles. The van der Waals surface area contributed by atoms with Crippen LogP contribution in [0.3, 0.4) is 0 Å². The Morgan fingerprint density at radius 3 is 2.55 bits per heavy atom. The van der Waals surface area contributed by atoms with Crippen molar-refractivity contribution in [3.8, 4) is 5.75 Å². The third kappa shape index (κ3) is 6.21. The molecule has 0 bridgehead atoms. The molecule has 0 fully saturated rings. The van der Waals surface area contributed by atoms with Crippen molar-refractivity contribution >= 4 is 18.3 Å². The molecule has 4 nitrogen and oxygen atoms in total. The summed E-state index contributed by atoms with van der Waals surface area (Å²) < 4.78 is 18.1. The Morgan fingerprint density at radius 1 is 1.40 bits per heavy atom. The molecular formula is C14H22ClFN2O2. The van der Waals surface area contributed by atoms with Gasteiger partial charge in [0, 0.05) is 7.05 Å². The summed E-state index contributed by atoms with van der Waals surface area (Å²) >= 11 is 0. The second-order valence-electron chi connectivity index (χ2n) is 4.46. The number of benzene rings is 1. The highest BCUT2D eigenvalue weighted by atomic mass is 35.5. The summed E-state index contributed by atoms with van der Waals surface area (Å²) in [5.41, 5.74) is 5.75. The van der Waals surface area contributed by atoms with Crippen molar-refractivity contribution in [2.75, 3.05) is 20.2 Å². The van der Waals surface area contributed by atoms with E-state index in [1.807, 2.05) is 6.92 Å². The number of carbonyl (C=O) groups excluding carboxylic acids is 1. The van der Waals surface area contributed by atoms with E-state index in [2.05, 4.69) is 0 Å². The average Bonchev–Trinajstić information content (AvgIpc) is 2.40. The fourth-order valence-corrected chi connectivity index (χ4v) is 1.66. The fraction of sp³-hybridized carbons (Fsp3) is 0.500. The molecule has 0 saturated heterocycles. The van der Waals surface area contributed by atoms with E-state index in [9.17, 15) is 9.18 Å². The second-order valence-corrected chi connectivity index (χ2v) is 4.46. The summed E-state index contributed by atoms with van der Waals surface area (Å²) in [5.74, 6) is 0.204. The van der Waals surface area contributed by atoms with E-state index >= 15 is 0 Å². The zero-order valence-electron chi connectivity index (χ0n) is 11.8. The molecule has 1 amide bonds. The maximum absolute atomic E-state index is 12.7. The molecule has 0 heterocycles. The molecule has 0 spiro atoms. The van der Waals surface area contributed by atoms with Crippen molar-refractivity contribution < 1.29 is 13.9 Å². The van der Waals surface area contributed by atoms with Gasteiger partial charge in [-0.15, -0.1) is 12.4 Å². The van der Waals surface area contributed by atoms with Crippen LogP contribution in [0.15, 0.2) is 24.3 Å². The fourth-order valence-electron chi connectivity index (χ4n) is 1.66. The molecule has 1 rings (SSSR count). The van der Waals surface area contributed by atoms with Gasteiger partial charge in [0.2, 0.25) is 5.91 Å². The highest BCUT2D eigenvalue weighted by Gasteiger charge is 2.16. The van der Waals surface area contributed by atoms with E-state index in [0.29, 0.717) is 25.3 Å². The minimum atomic E-state index is -0.444. The molecule has 0 aliphatic heterocycles. The third-order valence-corrected chi connectivity index (χ3v) is 2.80. The monoisotopic (exact) mass is 304 g/mol. The Bertz CT molecular complexity index is 401. The number of carbonyl (C=O) groups is 1. The zero-order chi connectivity index (χ0) is 14.3. The summed E-state index contributed by atoms with van der Waals surface area (Å²) in [5, 5.41) is 0. The van der Waals surface area contributed by atoms with E-state index < -0.39 is 6.04 Å². The number of nitrogens with two attached hydrogens (primary N) is 1. The predicted molar refractivity (Wildman–Crippen MR) is 79.7 cm³/mol. The van der Waals surface area contributed by atoms with Crippen molar-refractivity contribution in [1.82, 2.24) is 4.90 Å². The van der Waals surface area contributed by atoms with Crippen LogP contribution in [0.5, 0.6) is 5.75 Å². The number of hydrogen-bond donors (Lipinski definition) is 1. The molecule has 20 heavy (non-hydrogen) atoms. The molecule has 0 radical (unpaired) electrons. The molecule has 0 aromatic heterocycles. The van der Waals surface area contributed by atoms with Crippen molar-refractivity contribution in [3.63, 3.8) is 0 Å². The molecule has 0 aliphatic carbocycles. The summed E-state index contributed by atoms with van der Waals surface area (Å²) in [6.07, 6.45) is 1.56. The molecular weight excluding hydrogens is 283 g/mol. The smallest absolute Gasteiger partial charge is 0.239 e. The quantitative estimate of drug-likeness (QED) is 0.840. The maximum atomic E-state index is 12.7. The molecule has 1 aromatic rings. The van der Waals surface area contributed by atoms with E-state index in [0.717, 1.165) is 6.42 Å². The highest BCUT2D eigenvalue weighted by molar-refractivity contribution is 5.85. The first-order valence-corrected chi connectivity index (χ1v) is 6.43. The van der Waals surface area contributed by atoms with Gasteiger partial charge in [0.25, 0.3) is 0 Å². The number of halogens is 2. The van der Waals surface area contributed by atoms with E-state index in [4.69, 9.17) is 10.5 Å². The minimum Gasteiger partial charge on any atom is -0.492 e. The highest BCUT2D eigenvalue weighted by Crippen LogP contribution is 2.10. The van der Waals surface area contributed by atoms with Crippen LogP contribution < -0.4 is 10.5 Å². The predicted octanol–water partition coefficient (Wildman–Crippen LogP) is 2.21. The van der Waals surface area contributed by atoms with Crippen molar-refractivity contribution in [1.29, 1.82) is 0 Å². The summed E-state index contributed by atoms with van der Waals surface area (Å²) in [6.45, 7) is 2.80. The van der Waals surface area contributed by atoms with Crippen molar-refractivity contribution in [3.05, 3.63) is 30.1 Å². The Kier molecular flexibility index (Phi) is 8.92. The lowest BCUT2D eigenvalue weighted by Crippen LogP contribution is -2.43. The summed E-state index contributed by atoms with van der Waals surface area (Å²) in [4.78, 5) is 13.4. The van der Waals surface area contributed by atoms with Gasteiger partial charge in [0.15, 0.2) is 0 Å². The van der Waals surface area contributed by atoms with Crippen LogP contribution in [0.25, 0.3) is 0 Å². The lowest BCUT2D eigenvalue weighted by molar-refractivity contribution is -0.131. The summed E-state index contributed by atoms with van der Waals surface area (Å²) in [7, 11) is 1.70. The Balaban J connectivity index is 0.00000361. The SMILES string of the molecule is CCCC(N)C(=O)N(C)CCOc1ccc(F)cc1.Cl. The van der Waals surface area contributed by atoms with Crippen LogP contribution in [-0.2, 0) is 4.79 Å². The number of amides is 1. The Hall–Kier alpha value is -1.33. The van der Waals surface area contributed by atoms with Gasteiger partial charge in [-0.25, -0.2) is 4.39 Å². The first-order chi connectivity index (χ1) is 9.04. The van der Waals surface area contributed by atoms with E-state index in [-0.39, 0.29) is 24.1 Å². The van der Waals surface area contributed by atoms with Crippen LogP contribution in [0.1, 0.15) is 19.8 Å². The van der Waals surface area contributed by atoms with Crippen LogP contribution in [0.4, 0.5) is 4.39 Å². The van der Waals surface area contributed by atoms with Crippen LogP contribution in [0, 0.1) is 5.82 Å². The van der Waals surface area contributed by atoms with Gasteiger partial charge in [-0.05, 0) is 30.7 Å².